The largest absolute Gasteiger partial charge is 0.465 e. The summed E-state index contributed by atoms with van der Waals surface area (Å²) >= 11 is 0. The summed E-state index contributed by atoms with van der Waals surface area (Å²) in [6.45, 7) is 3.23. The summed E-state index contributed by atoms with van der Waals surface area (Å²) in [5, 5.41) is 5.81. The second-order valence-corrected chi connectivity index (χ2v) is 4.15. The predicted octanol–water partition coefficient (Wildman–Crippen LogP) is 1.80. The maximum absolute atomic E-state index is 11.6. The highest BCUT2D eigenvalue weighted by Gasteiger charge is 2.05. The van der Waals surface area contributed by atoms with Crippen LogP contribution in [0.15, 0.2) is 24.3 Å². The van der Waals surface area contributed by atoms with Crippen molar-refractivity contribution in [3.05, 3.63) is 29.8 Å². The van der Waals surface area contributed by atoms with Gasteiger partial charge in [-0.25, -0.2) is 4.79 Å². The van der Waals surface area contributed by atoms with Crippen LogP contribution in [0.5, 0.6) is 0 Å². The van der Waals surface area contributed by atoms with Gasteiger partial charge in [0.15, 0.2) is 0 Å². The van der Waals surface area contributed by atoms with E-state index in [0.717, 1.165) is 19.4 Å². The smallest absolute Gasteiger partial charge is 0.337 e. The fraction of sp³-hybridized carbons (Fsp3) is 0.429. The second-order valence-electron chi connectivity index (χ2n) is 4.15. The fourth-order valence-electron chi connectivity index (χ4n) is 1.52. The lowest BCUT2D eigenvalue weighted by Gasteiger charge is -2.07. The third-order valence-corrected chi connectivity index (χ3v) is 2.58. The Balaban J connectivity index is 2.40. The Bertz CT molecular complexity index is 415. The van der Waals surface area contributed by atoms with E-state index in [9.17, 15) is 9.59 Å². The molecule has 5 heteroatoms. The van der Waals surface area contributed by atoms with Crippen molar-refractivity contribution in [1.29, 1.82) is 0 Å². The van der Waals surface area contributed by atoms with Crippen molar-refractivity contribution >= 4 is 17.6 Å². The first-order valence-corrected chi connectivity index (χ1v) is 6.36. The minimum absolute atomic E-state index is 0.0954. The summed E-state index contributed by atoms with van der Waals surface area (Å²) in [5.74, 6) is -0.485. The average molecular weight is 264 g/mol. The maximum Gasteiger partial charge on any atom is 0.337 e. The van der Waals surface area contributed by atoms with Crippen molar-refractivity contribution in [2.75, 3.05) is 25.5 Å². The maximum atomic E-state index is 11.6. The van der Waals surface area contributed by atoms with Gasteiger partial charge in [-0.15, -0.1) is 0 Å². The molecule has 0 bridgehead atoms. The average Bonchev–Trinajstić information content (AvgIpc) is 2.43. The molecule has 0 radical (unpaired) electrons. The number of ether oxygens (including phenoxy) is 1. The molecule has 5 nitrogen and oxygen atoms in total. The van der Waals surface area contributed by atoms with Gasteiger partial charge in [0, 0.05) is 5.69 Å². The Morgan fingerprint density at radius 1 is 1.21 bits per heavy atom. The van der Waals surface area contributed by atoms with Gasteiger partial charge in [0.25, 0.3) is 0 Å². The first kappa shape index (κ1) is 15.2. The minimum atomic E-state index is -0.390. The van der Waals surface area contributed by atoms with E-state index in [2.05, 4.69) is 22.3 Å². The first-order chi connectivity index (χ1) is 9.17. The lowest BCUT2D eigenvalue weighted by molar-refractivity contribution is -0.115. The van der Waals surface area contributed by atoms with Crippen LogP contribution in [0.25, 0.3) is 0 Å². The Labute approximate surface area is 113 Å². The number of amides is 1. The van der Waals surface area contributed by atoms with Gasteiger partial charge in [-0.05, 0) is 37.2 Å². The molecule has 1 aromatic carbocycles. The number of nitrogens with one attached hydrogen (secondary N) is 2. The fourth-order valence-corrected chi connectivity index (χ4v) is 1.52. The van der Waals surface area contributed by atoms with E-state index in [-0.39, 0.29) is 11.9 Å². The standard InChI is InChI=1S/C14H20N2O3/c1-3-4-9-15-10-13(17)16-12-7-5-11(6-8-12)14(18)19-2/h5-8,15H,3-4,9-10H2,1-2H3,(H,16,17). The van der Waals surface area contributed by atoms with E-state index in [4.69, 9.17) is 0 Å². The molecule has 1 amide bonds. The number of hydrogen-bond donors (Lipinski definition) is 2. The number of benzene rings is 1. The molecule has 1 aromatic rings. The molecule has 0 spiro atoms. The SMILES string of the molecule is CCCCNCC(=O)Nc1ccc(C(=O)OC)cc1. The molecule has 0 heterocycles. The van der Waals surface area contributed by atoms with E-state index >= 15 is 0 Å². The quantitative estimate of drug-likeness (QED) is 0.582. The van der Waals surface area contributed by atoms with Gasteiger partial charge in [0.1, 0.15) is 0 Å². The van der Waals surface area contributed by atoms with Gasteiger partial charge >= 0.3 is 5.97 Å². The Morgan fingerprint density at radius 2 is 1.89 bits per heavy atom. The Morgan fingerprint density at radius 3 is 2.47 bits per heavy atom. The molecular weight excluding hydrogens is 244 g/mol. The van der Waals surface area contributed by atoms with Crippen molar-refractivity contribution in [3.63, 3.8) is 0 Å². The highest BCUT2D eigenvalue weighted by molar-refractivity contribution is 5.93. The summed E-state index contributed by atoms with van der Waals surface area (Å²) in [6.07, 6.45) is 2.16. The monoisotopic (exact) mass is 264 g/mol. The number of esters is 1. The predicted molar refractivity (Wildman–Crippen MR) is 74.2 cm³/mol. The molecule has 1 rings (SSSR count). The number of methoxy groups -OCH3 is 1. The summed E-state index contributed by atoms with van der Waals surface area (Å²) in [5.41, 5.74) is 1.12. The Kier molecular flexibility index (Phi) is 6.60. The zero-order chi connectivity index (χ0) is 14.1. The second kappa shape index (κ2) is 8.26. The zero-order valence-electron chi connectivity index (χ0n) is 11.4. The number of hydrogen-bond acceptors (Lipinski definition) is 4. The summed E-state index contributed by atoms with van der Waals surface area (Å²) in [4.78, 5) is 22.8. The van der Waals surface area contributed by atoms with Crippen molar-refractivity contribution in [2.24, 2.45) is 0 Å². The van der Waals surface area contributed by atoms with Gasteiger partial charge < -0.3 is 15.4 Å². The molecule has 0 aliphatic heterocycles. The van der Waals surface area contributed by atoms with Crippen molar-refractivity contribution in [2.45, 2.75) is 19.8 Å². The van der Waals surface area contributed by atoms with Gasteiger partial charge in [-0.1, -0.05) is 13.3 Å². The highest BCUT2D eigenvalue weighted by Crippen LogP contribution is 2.10. The van der Waals surface area contributed by atoms with Crippen LogP contribution in [0.2, 0.25) is 0 Å². The van der Waals surface area contributed by atoms with Gasteiger partial charge in [-0.3, -0.25) is 4.79 Å². The molecule has 0 fully saturated rings. The van der Waals surface area contributed by atoms with Crippen molar-refractivity contribution < 1.29 is 14.3 Å². The lowest BCUT2D eigenvalue weighted by Crippen LogP contribution is -2.28. The number of carbonyl (C=O) groups is 2. The molecule has 19 heavy (non-hydrogen) atoms. The van der Waals surface area contributed by atoms with Crippen LogP contribution in [-0.4, -0.2) is 32.1 Å². The topological polar surface area (TPSA) is 67.4 Å². The van der Waals surface area contributed by atoms with E-state index in [1.165, 1.54) is 7.11 Å². The number of rotatable bonds is 7. The summed E-state index contributed by atoms with van der Waals surface area (Å²) in [7, 11) is 1.33. The van der Waals surface area contributed by atoms with E-state index < -0.39 is 0 Å². The molecule has 0 aromatic heterocycles. The molecule has 0 saturated carbocycles. The Hall–Kier alpha value is -1.88. The summed E-state index contributed by atoms with van der Waals surface area (Å²) < 4.78 is 4.60. The van der Waals surface area contributed by atoms with Gasteiger partial charge in [0.2, 0.25) is 5.91 Å². The molecule has 0 aliphatic rings. The number of unbranched alkanes of at least 4 members (excludes halogenated alkanes) is 1. The third-order valence-electron chi connectivity index (χ3n) is 2.58. The van der Waals surface area contributed by atoms with Crippen LogP contribution in [0.4, 0.5) is 5.69 Å². The van der Waals surface area contributed by atoms with Crippen LogP contribution in [-0.2, 0) is 9.53 Å². The van der Waals surface area contributed by atoms with E-state index in [1.807, 2.05) is 0 Å². The molecular formula is C14H20N2O3. The zero-order valence-corrected chi connectivity index (χ0v) is 11.4. The summed E-state index contributed by atoms with van der Waals surface area (Å²) in [6, 6.07) is 6.59. The van der Waals surface area contributed by atoms with Crippen LogP contribution in [0, 0.1) is 0 Å². The minimum Gasteiger partial charge on any atom is -0.465 e. The highest BCUT2D eigenvalue weighted by atomic mass is 16.5. The van der Waals surface area contributed by atoms with E-state index in [0.29, 0.717) is 17.8 Å². The third kappa shape index (κ3) is 5.52. The van der Waals surface area contributed by atoms with Crippen LogP contribution in [0.1, 0.15) is 30.1 Å². The van der Waals surface area contributed by atoms with Crippen LogP contribution in [0.3, 0.4) is 0 Å². The molecule has 0 unspecified atom stereocenters. The normalized spacial score (nSPS) is 10.0. The number of carbonyl (C=O) groups excluding carboxylic acids is 2. The molecule has 0 atom stereocenters. The molecule has 0 saturated heterocycles. The van der Waals surface area contributed by atoms with E-state index in [1.54, 1.807) is 24.3 Å². The van der Waals surface area contributed by atoms with Crippen LogP contribution < -0.4 is 10.6 Å². The molecule has 0 aliphatic carbocycles. The van der Waals surface area contributed by atoms with Crippen LogP contribution >= 0.6 is 0 Å². The lowest BCUT2D eigenvalue weighted by atomic mass is 10.2. The van der Waals surface area contributed by atoms with Crippen molar-refractivity contribution in [1.82, 2.24) is 5.32 Å². The molecule has 104 valence electrons. The van der Waals surface area contributed by atoms with Gasteiger partial charge in [-0.2, -0.15) is 0 Å². The van der Waals surface area contributed by atoms with Gasteiger partial charge in [0.05, 0.1) is 19.2 Å². The number of anilines is 1. The van der Waals surface area contributed by atoms with Crippen molar-refractivity contribution in [3.8, 4) is 0 Å². The molecule has 2 N–H and O–H groups in total. The first-order valence-electron chi connectivity index (χ1n) is 6.36.